The molecule has 5 N–H and O–H groups in total. The lowest BCUT2D eigenvalue weighted by molar-refractivity contribution is -0.299. The summed E-state index contributed by atoms with van der Waals surface area (Å²) in [5.41, 5.74) is 0.963. The van der Waals surface area contributed by atoms with E-state index in [2.05, 4.69) is 20.8 Å². The Bertz CT molecular complexity index is 700. The highest BCUT2D eigenvalue weighted by Crippen LogP contribution is 2.24. The Morgan fingerprint density at radius 3 is 1.63 bits per heavy atom. The van der Waals surface area contributed by atoms with Crippen LogP contribution in [0.4, 0.5) is 0 Å². The molecule has 0 aromatic carbocycles. The molecular weight excluding hydrogens is 580 g/mol. The van der Waals surface area contributed by atoms with Crippen LogP contribution >= 0.6 is 0 Å². The van der Waals surface area contributed by atoms with E-state index in [1.807, 2.05) is 6.08 Å². The van der Waals surface area contributed by atoms with Gasteiger partial charge in [0.05, 0.1) is 19.3 Å². The van der Waals surface area contributed by atoms with Crippen LogP contribution in [0, 0.1) is 5.92 Å². The third-order valence-corrected chi connectivity index (χ3v) is 9.95. The maximum absolute atomic E-state index is 10.8. The standard InChI is InChI=1S/C39H76O7/c1-4-6-7-8-9-10-11-12-15-18-21-24-27-33(31-45-39-38(44)37(43)36(42)35(30-40)46-39)29-34(41)28-25-22-19-16-13-14-17-20-23-26-32(3)5-2/h29,32,34-44H,4-28,30-31H2,1-3H3/b33-29-/t32?,34-,35-,36-,37+,38-,39-/m1/s1. The van der Waals surface area contributed by atoms with Crippen LogP contribution in [0.2, 0.25) is 0 Å². The molecule has 1 saturated heterocycles. The zero-order valence-electron chi connectivity index (χ0n) is 30.3. The number of aliphatic hydroxyl groups excluding tert-OH is 5. The van der Waals surface area contributed by atoms with Crippen molar-refractivity contribution in [3.63, 3.8) is 0 Å². The van der Waals surface area contributed by atoms with Gasteiger partial charge in [0.1, 0.15) is 24.4 Å². The van der Waals surface area contributed by atoms with Gasteiger partial charge in [0.2, 0.25) is 0 Å². The van der Waals surface area contributed by atoms with Crippen molar-refractivity contribution in [3.05, 3.63) is 11.6 Å². The van der Waals surface area contributed by atoms with Gasteiger partial charge in [-0.3, -0.25) is 0 Å². The minimum atomic E-state index is -1.46. The Balaban J connectivity index is 2.39. The lowest BCUT2D eigenvalue weighted by Gasteiger charge is -2.39. The van der Waals surface area contributed by atoms with E-state index >= 15 is 0 Å². The first-order valence-electron chi connectivity index (χ1n) is 19.6. The number of rotatable bonds is 31. The first-order chi connectivity index (χ1) is 22.3. The fourth-order valence-electron chi connectivity index (χ4n) is 6.43. The SMILES string of the molecule is CCCCCCCCCCCCCC/C(=C/[C@H](O)CCCCCCCCCCCC(C)CC)CO[C@@H]1O[C@H](CO)[C@@H](O)[C@H](O)[C@H]1O. The molecule has 0 aliphatic carbocycles. The number of hydrogen-bond acceptors (Lipinski definition) is 7. The van der Waals surface area contributed by atoms with Gasteiger partial charge in [-0.15, -0.1) is 0 Å². The molecule has 274 valence electrons. The highest BCUT2D eigenvalue weighted by molar-refractivity contribution is 5.06. The second-order valence-corrected chi connectivity index (χ2v) is 14.3. The fourth-order valence-corrected chi connectivity index (χ4v) is 6.43. The van der Waals surface area contributed by atoms with Crippen molar-refractivity contribution in [3.8, 4) is 0 Å². The van der Waals surface area contributed by atoms with E-state index in [0.29, 0.717) is 0 Å². The Morgan fingerprint density at radius 2 is 1.13 bits per heavy atom. The van der Waals surface area contributed by atoms with Gasteiger partial charge >= 0.3 is 0 Å². The van der Waals surface area contributed by atoms with Gasteiger partial charge in [0, 0.05) is 0 Å². The predicted molar refractivity (Wildman–Crippen MR) is 190 cm³/mol. The number of hydrogen-bond donors (Lipinski definition) is 5. The Kier molecular flexibility index (Phi) is 27.8. The summed E-state index contributed by atoms with van der Waals surface area (Å²) in [5.74, 6) is 0.866. The molecular formula is C39H76O7. The van der Waals surface area contributed by atoms with Crippen molar-refractivity contribution in [2.45, 2.75) is 218 Å². The Morgan fingerprint density at radius 1 is 0.652 bits per heavy atom. The third-order valence-electron chi connectivity index (χ3n) is 9.95. The smallest absolute Gasteiger partial charge is 0.187 e. The molecule has 7 atom stereocenters. The number of ether oxygens (including phenoxy) is 2. The van der Waals surface area contributed by atoms with E-state index in [4.69, 9.17) is 9.47 Å². The maximum atomic E-state index is 10.8. The molecule has 46 heavy (non-hydrogen) atoms. The summed E-state index contributed by atoms with van der Waals surface area (Å²) in [4.78, 5) is 0. The van der Waals surface area contributed by atoms with E-state index in [0.717, 1.165) is 50.0 Å². The van der Waals surface area contributed by atoms with Gasteiger partial charge in [0.15, 0.2) is 6.29 Å². The molecule has 0 aromatic rings. The summed E-state index contributed by atoms with van der Waals surface area (Å²) in [7, 11) is 0. The molecule has 1 aliphatic rings. The minimum absolute atomic E-state index is 0.162. The minimum Gasteiger partial charge on any atom is -0.394 e. The van der Waals surface area contributed by atoms with Crippen LogP contribution in [0.5, 0.6) is 0 Å². The van der Waals surface area contributed by atoms with Gasteiger partial charge in [-0.2, -0.15) is 0 Å². The maximum Gasteiger partial charge on any atom is 0.187 e. The van der Waals surface area contributed by atoms with Crippen molar-refractivity contribution in [1.82, 2.24) is 0 Å². The largest absolute Gasteiger partial charge is 0.394 e. The highest BCUT2D eigenvalue weighted by Gasteiger charge is 2.44. The molecule has 0 radical (unpaired) electrons. The average molecular weight is 657 g/mol. The van der Waals surface area contributed by atoms with Gasteiger partial charge < -0.3 is 35.0 Å². The zero-order valence-corrected chi connectivity index (χ0v) is 30.3. The average Bonchev–Trinajstić information content (AvgIpc) is 3.05. The van der Waals surface area contributed by atoms with E-state index in [1.54, 1.807) is 0 Å². The van der Waals surface area contributed by atoms with Crippen molar-refractivity contribution in [2.75, 3.05) is 13.2 Å². The molecule has 1 rings (SSSR count). The second kappa shape index (κ2) is 29.4. The van der Waals surface area contributed by atoms with E-state index < -0.39 is 43.4 Å². The molecule has 0 bridgehead atoms. The Hall–Kier alpha value is -0.540. The van der Waals surface area contributed by atoms with Crippen LogP contribution < -0.4 is 0 Å². The molecule has 1 heterocycles. The van der Waals surface area contributed by atoms with Crippen molar-refractivity contribution >= 4 is 0 Å². The van der Waals surface area contributed by atoms with Crippen LogP contribution in [-0.2, 0) is 9.47 Å². The van der Waals surface area contributed by atoms with Crippen molar-refractivity contribution in [2.24, 2.45) is 5.92 Å². The van der Waals surface area contributed by atoms with Crippen LogP contribution in [-0.4, -0.2) is 75.6 Å². The topological polar surface area (TPSA) is 120 Å². The molecule has 7 nitrogen and oxygen atoms in total. The van der Waals surface area contributed by atoms with Crippen molar-refractivity contribution in [1.29, 1.82) is 0 Å². The van der Waals surface area contributed by atoms with E-state index in [1.165, 1.54) is 122 Å². The zero-order chi connectivity index (χ0) is 33.8. The Labute approximate surface area is 283 Å². The quantitative estimate of drug-likeness (QED) is 0.0375. The normalized spacial score (nSPS) is 23.6. The second-order valence-electron chi connectivity index (χ2n) is 14.3. The van der Waals surface area contributed by atoms with E-state index in [9.17, 15) is 25.5 Å². The van der Waals surface area contributed by atoms with Gasteiger partial charge in [-0.25, -0.2) is 0 Å². The molecule has 7 heteroatoms. The van der Waals surface area contributed by atoms with Crippen LogP contribution in [0.15, 0.2) is 11.6 Å². The summed E-state index contributed by atoms with van der Waals surface area (Å²) in [6.07, 6.45) is 25.8. The summed E-state index contributed by atoms with van der Waals surface area (Å²) >= 11 is 0. The van der Waals surface area contributed by atoms with Gasteiger partial charge in [-0.1, -0.05) is 168 Å². The summed E-state index contributed by atoms with van der Waals surface area (Å²) in [5, 5.41) is 50.9. The number of unbranched alkanes of at least 4 members (excludes halogenated alkanes) is 19. The van der Waals surface area contributed by atoms with E-state index in [-0.39, 0.29) is 6.61 Å². The fraction of sp³-hybridized carbons (Fsp3) is 0.949. The molecule has 1 unspecified atom stereocenters. The first kappa shape index (κ1) is 43.5. The first-order valence-corrected chi connectivity index (χ1v) is 19.6. The molecule has 0 amide bonds. The summed E-state index contributed by atoms with van der Waals surface area (Å²) < 4.78 is 11.4. The lowest BCUT2D eigenvalue weighted by atomic mass is 9.99. The monoisotopic (exact) mass is 657 g/mol. The molecule has 0 spiro atoms. The van der Waals surface area contributed by atoms with Crippen LogP contribution in [0.1, 0.15) is 181 Å². The molecule has 0 aromatic heterocycles. The van der Waals surface area contributed by atoms with Gasteiger partial charge in [-0.05, 0) is 30.8 Å². The molecule has 0 saturated carbocycles. The molecule has 1 aliphatic heterocycles. The summed E-state index contributed by atoms with van der Waals surface area (Å²) in [6, 6.07) is 0. The van der Waals surface area contributed by atoms with Gasteiger partial charge in [0.25, 0.3) is 0 Å². The lowest BCUT2D eigenvalue weighted by Crippen LogP contribution is -2.59. The third kappa shape index (κ3) is 21.4. The van der Waals surface area contributed by atoms with Crippen LogP contribution in [0.3, 0.4) is 0 Å². The molecule has 1 fully saturated rings. The number of aliphatic hydroxyl groups is 5. The highest BCUT2D eigenvalue weighted by atomic mass is 16.7. The summed E-state index contributed by atoms with van der Waals surface area (Å²) in [6.45, 7) is 6.57. The van der Waals surface area contributed by atoms with Crippen molar-refractivity contribution < 1.29 is 35.0 Å². The predicted octanol–water partition coefficient (Wildman–Crippen LogP) is 8.52. The van der Waals surface area contributed by atoms with Crippen LogP contribution in [0.25, 0.3) is 0 Å².